The SMILES string of the molecule is CCNCc1cnc(Sc2nc(C)ns2)c(C)c1. The third-order valence-electron chi connectivity index (χ3n) is 2.36. The highest BCUT2D eigenvalue weighted by Gasteiger charge is 2.07. The highest BCUT2D eigenvalue weighted by Crippen LogP contribution is 2.29. The van der Waals surface area contributed by atoms with Gasteiger partial charge in [-0.25, -0.2) is 9.97 Å². The first-order chi connectivity index (χ1) is 8.69. The molecule has 0 fully saturated rings. The van der Waals surface area contributed by atoms with Gasteiger partial charge in [-0.1, -0.05) is 13.0 Å². The molecule has 0 unspecified atom stereocenters. The van der Waals surface area contributed by atoms with Gasteiger partial charge in [0.15, 0.2) is 4.34 Å². The van der Waals surface area contributed by atoms with Gasteiger partial charge in [-0.05, 0) is 54.8 Å². The minimum Gasteiger partial charge on any atom is -0.313 e. The predicted octanol–water partition coefficient (Wildman–Crippen LogP) is 2.81. The van der Waals surface area contributed by atoms with E-state index in [0.29, 0.717) is 0 Å². The van der Waals surface area contributed by atoms with E-state index < -0.39 is 0 Å². The highest BCUT2D eigenvalue weighted by atomic mass is 32.2. The smallest absolute Gasteiger partial charge is 0.176 e. The largest absolute Gasteiger partial charge is 0.313 e. The van der Waals surface area contributed by atoms with Crippen LogP contribution in [-0.2, 0) is 6.54 Å². The molecule has 1 N–H and O–H groups in total. The Labute approximate surface area is 115 Å². The number of aromatic nitrogens is 3. The fraction of sp³-hybridized carbons (Fsp3) is 0.417. The number of pyridine rings is 1. The van der Waals surface area contributed by atoms with Crippen LogP contribution in [0.5, 0.6) is 0 Å². The number of hydrogen-bond acceptors (Lipinski definition) is 6. The van der Waals surface area contributed by atoms with Gasteiger partial charge < -0.3 is 5.32 Å². The van der Waals surface area contributed by atoms with E-state index in [2.05, 4.69) is 39.6 Å². The van der Waals surface area contributed by atoms with Crippen LogP contribution < -0.4 is 5.32 Å². The number of rotatable bonds is 5. The van der Waals surface area contributed by atoms with E-state index in [4.69, 9.17) is 0 Å². The van der Waals surface area contributed by atoms with Crippen LogP contribution in [0, 0.1) is 13.8 Å². The molecule has 6 heteroatoms. The molecule has 0 saturated carbocycles. The van der Waals surface area contributed by atoms with Crippen molar-refractivity contribution in [2.75, 3.05) is 6.54 Å². The summed E-state index contributed by atoms with van der Waals surface area (Å²) in [5, 5.41) is 4.30. The average molecular weight is 280 g/mol. The third-order valence-corrected chi connectivity index (χ3v) is 4.32. The fourth-order valence-corrected chi connectivity index (χ4v) is 3.09. The predicted molar refractivity (Wildman–Crippen MR) is 75.1 cm³/mol. The molecule has 0 aliphatic rings. The van der Waals surface area contributed by atoms with E-state index in [1.165, 1.54) is 22.7 Å². The molecule has 0 saturated heterocycles. The molecule has 2 aromatic rings. The molecule has 2 aromatic heterocycles. The molecule has 0 aliphatic carbocycles. The Morgan fingerprint density at radius 2 is 2.22 bits per heavy atom. The van der Waals surface area contributed by atoms with Crippen molar-refractivity contribution in [3.8, 4) is 0 Å². The van der Waals surface area contributed by atoms with Gasteiger partial charge in [-0.2, -0.15) is 4.37 Å². The molecule has 96 valence electrons. The molecule has 0 aliphatic heterocycles. The zero-order valence-electron chi connectivity index (χ0n) is 10.7. The molecule has 0 radical (unpaired) electrons. The van der Waals surface area contributed by atoms with E-state index >= 15 is 0 Å². The summed E-state index contributed by atoms with van der Waals surface area (Å²) in [6.07, 6.45) is 1.92. The average Bonchev–Trinajstić information content (AvgIpc) is 2.75. The number of hydrogen-bond donors (Lipinski definition) is 1. The Morgan fingerprint density at radius 3 is 2.83 bits per heavy atom. The van der Waals surface area contributed by atoms with Crippen molar-refractivity contribution in [3.05, 3.63) is 29.2 Å². The monoisotopic (exact) mass is 280 g/mol. The van der Waals surface area contributed by atoms with Crippen LogP contribution in [0.15, 0.2) is 21.6 Å². The Kier molecular flexibility index (Phi) is 4.68. The molecule has 0 bridgehead atoms. The summed E-state index contributed by atoms with van der Waals surface area (Å²) in [7, 11) is 0. The van der Waals surface area contributed by atoms with Gasteiger partial charge in [0.1, 0.15) is 10.9 Å². The van der Waals surface area contributed by atoms with Gasteiger partial charge in [0.05, 0.1) is 0 Å². The second-order valence-corrected chi connectivity index (χ2v) is 5.94. The summed E-state index contributed by atoms with van der Waals surface area (Å²) in [6, 6.07) is 2.17. The number of nitrogens with one attached hydrogen (secondary N) is 1. The van der Waals surface area contributed by atoms with E-state index in [1.807, 2.05) is 13.1 Å². The fourth-order valence-electron chi connectivity index (χ4n) is 1.50. The quantitative estimate of drug-likeness (QED) is 0.912. The standard InChI is InChI=1S/C12H16N4S2/c1-4-13-6-10-5-8(2)11(14-7-10)17-12-15-9(3)16-18-12/h5,7,13H,4,6H2,1-3H3. The zero-order valence-corrected chi connectivity index (χ0v) is 12.4. The highest BCUT2D eigenvalue weighted by molar-refractivity contribution is 8.00. The van der Waals surface area contributed by atoms with Crippen molar-refractivity contribution in [2.24, 2.45) is 0 Å². The first-order valence-electron chi connectivity index (χ1n) is 5.83. The summed E-state index contributed by atoms with van der Waals surface area (Å²) in [6.45, 7) is 7.92. The molecule has 0 aromatic carbocycles. The van der Waals surface area contributed by atoms with Gasteiger partial charge in [-0.15, -0.1) is 0 Å². The third kappa shape index (κ3) is 3.51. The molecule has 2 heterocycles. The van der Waals surface area contributed by atoms with Gasteiger partial charge in [0.25, 0.3) is 0 Å². The van der Waals surface area contributed by atoms with Gasteiger partial charge in [0.2, 0.25) is 0 Å². The molecule has 0 spiro atoms. The minimum atomic E-state index is 0.823. The molecule has 0 atom stereocenters. The summed E-state index contributed by atoms with van der Waals surface area (Å²) >= 11 is 3.00. The van der Waals surface area contributed by atoms with Crippen LogP contribution in [-0.4, -0.2) is 20.9 Å². The normalized spacial score (nSPS) is 10.8. The lowest BCUT2D eigenvalue weighted by Crippen LogP contribution is -2.12. The van der Waals surface area contributed by atoms with Gasteiger partial charge in [0, 0.05) is 12.7 Å². The van der Waals surface area contributed by atoms with Crippen LogP contribution in [0.2, 0.25) is 0 Å². The Bertz CT molecular complexity index is 525. The summed E-state index contributed by atoms with van der Waals surface area (Å²) in [5.74, 6) is 0.823. The van der Waals surface area contributed by atoms with Crippen molar-refractivity contribution in [1.29, 1.82) is 0 Å². The van der Waals surface area contributed by atoms with Crippen LogP contribution in [0.25, 0.3) is 0 Å². The molecular formula is C12H16N4S2. The van der Waals surface area contributed by atoms with Crippen molar-refractivity contribution in [1.82, 2.24) is 19.7 Å². The Balaban J connectivity index is 2.09. The summed E-state index contributed by atoms with van der Waals surface area (Å²) in [5.41, 5.74) is 2.40. The van der Waals surface area contributed by atoms with Crippen LogP contribution in [0.3, 0.4) is 0 Å². The second kappa shape index (κ2) is 6.26. The number of nitrogens with zero attached hydrogens (tertiary/aromatic N) is 3. The van der Waals surface area contributed by atoms with Crippen LogP contribution >= 0.6 is 23.3 Å². The molecule has 18 heavy (non-hydrogen) atoms. The molecule has 4 nitrogen and oxygen atoms in total. The van der Waals surface area contributed by atoms with E-state index in [1.54, 1.807) is 11.8 Å². The lowest BCUT2D eigenvalue weighted by Gasteiger charge is -2.06. The van der Waals surface area contributed by atoms with E-state index in [0.717, 1.165) is 28.3 Å². The molecular weight excluding hydrogens is 264 g/mol. The maximum atomic E-state index is 4.50. The van der Waals surface area contributed by atoms with Crippen molar-refractivity contribution in [3.63, 3.8) is 0 Å². The second-order valence-electron chi connectivity index (χ2n) is 3.96. The maximum absolute atomic E-state index is 4.50. The minimum absolute atomic E-state index is 0.823. The lowest BCUT2D eigenvalue weighted by molar-refractivity contribution is 0.721. The Hall–Kier alpha value is -0.980. The first kappa shape index (κ1) is 13.5. The molecule has 0 amide bonds. The lowest BCUT2D eigenvalue weighted by atomic mass is 10.2. The zero-order chi connectivity index (χ0) is 13.0. The van der Waals surface area contributed by atoms with Gasteiger partial charge in [-0.3, -0.25) is 0 Å². The van der Waals surface area contributed by atoms with Crippen LogP contribution in [0.1, 0.15) is 23.9 Å². The van der Waals surface area contributed by atoms with Gasteiger partial charge >= 0.3 is 0 Å². The Morgan fingerprint density at radius 1 is 1.39 bits per heavy atom. The first-order valence-corrected chi connectivity index (χ1v) is 7.42. The number of aryl methyl sites for hydroxylation is 2. The van der Waals surface area contributed by atoms with Crippen LogP contribution in [0.4, 0.5) is 0 Å². The topological polar surface area (TPSA) is 50.7 Å². The van der Waals surface area contributed by atoms with Crippen molar-refractivity contribution < 1.29 is 0 Å². The molecule has 2 rings (SSSR count). The van der Waals surface area contributed by atoms with Crippen molar-refractivity contribution in [2.45, 2.75) is 36.7 Å². The summed E-state index contributed by atoms with van der Waals surface area (Å²) < 4.78 is 5.12. The van der Waals surface area contributed by atoms with Crippen molar-refractivity contribution >= 4 is 23.3 Å². The van der Waals surface area contributed by atoms with E-state index in [9.17, 15) is 0 Å². The summed E-state index contributed by atoms with van der Waals surface area (Å²) in [4.78, 5) is 8.83. The maximum Gasteiger partial charge on any atom is 0.176 e. The van der Waals surface area contributed by atoms with E-state index in [-0.39, 0.29) is 0 Å².